The highest BCUT2D eigenvalue weighted by atomic mass is 16.5. The van der Waals surface area contributed by atoms with Crippen LogP contribution in [0.4, 0.5) is 0 Å². The van der Waals surface area contributed by atoms with Gasteiger partial charge in [-0.2, -0.15) is 0 Å². The average molecular weight is 360 g/mol. The monoisotopic (exact) mass is 360 g/mol. The first-order valence-electron chi connectivity index (χ1n) is 9.31. The van der Waals surface area contributed by atoms with Crippen molar-refractivity contribution < 1.29 is 19.1 Å². The van der Waals surface area contributed by atoms with Crippen LogP contribution in [0.15, 0.2) is 24.3 Å². The van der Waals surface area contributed by atoms with Crippen LogP contribution >= 0.6 is 0 Å². The van der Waals surface area contributed by atoms with Crippen LogP contribution in [0.1, 0.15) is 30.1 Å². The molecule has 1 fully saturated rings. The number of rotatable bonds is 7. The molecule has 2 amide bonds. The van der Waals surface area contributed by atoms with E-state index in [1.807, 2.05) is 12.1 Å². The summed E-state index contributed by atoms with van der Waals surface area (Å²) in [4.78, 5) is 28.5. The van der Waals surface area contributed by atoms with Gasteiger partial charge in [0.2, 0.25) is 11.8 Å². The van der Waals surface area contributed by atoms with E-state index in [9.17, 15) is 9.59 Å². The lowest BCUT2D eigenvalue weighted by molar-refractivity contribution is -0.136. The molecule has 0 bridgehead atoms. The van der Waals surface area contributed by atoms with Gasteiger partial charge in [0.1, 0.15) is 6.10 Å². The molecule has 0 aromatic heterocycles. The molecule has 26 heavy (non-hydrogen) atoms. The summed E-state index contributed by atoms with van der Waals surface area (Å²) in [6, 6.07) is 8.25. The zero-order valence-corrected chi connectivity index (χ0v) is 15.6. The van der Waals surface area contributed by atoms with Crippen LogP contribution in [0.25, 0.3) is 0 Å². The molecule has 0 radical (unpaired) electrons. The molecule has 1 aromatic rings. The van der Waals surface area contributed by atoms with Crippen molar-refractivity contribution in [3.05, 3.63) is 35.4 Å². The summed E-state index contributed by atoms with van der Waals surface area (Å²) in [6.45, 7) is 2.98. The molecule has 0 N–H and O–H groups in total. The number of likely N-dealkylation sites (tertiary alicyclic amines) is 1. The van der Waals surface area contributed by atoms with E-state index < -0.39 is 0 Å². The minimum Gasteiger partial charge on any atom is -0.385 e. The van der Waals surface area contributed by atoms with E-state index in [1.54, 1.807) is 24.0 Å². The van der Waals surface area contributed by atoms with Gasteiger partial charge in [0.25, 0.3) is 0 Å². The summed E-state index contributed by atoms with van der Waals surface area (Å²) in [5.41, 5.74) is 2.46. The molecular formula is C20H28N2O4. The van der Waals surface area contributed by atoms with Crippen LogP contribution in [0.3, 0.4) is 0 Å². The maximum absolute atomic E-state index is 12.8. The van der Waals surface area contributed by atoms with Gasteiger partial charge in [-0.15, -0.1) is 0 Å². The lowest BCUT2D eigenvalue weighted by atomic mass is 9.97. The standard InChI is InChI=1S/C20H28N2O4/c1-21(14-18-17-7-4-3-6-15(17)8-11-26-18)20(24)16-12-19(23)22(13-16)9-5-10-25-2/h3-4,6-7,16,18H,5,8-14H2,1-2H3/t16-,18-/m0/s1. The van der Waals surface area contributed by atoms with Gasteiger partial charge in [0.15, 0.2) is 0 Å². The van der Waals surface area contributed by atoms with Crippen molar-refractivity contribution in [3.8, 4) is 0 Å². The Balaban J connectivity index is 1.56. The summed E-state index contributed by atoms with van der Waals surface area (Å²) in [6.07, 6.45) is 1.92. The van der Waals surface area contributed by atoms with Crippen LogP contribution in [-0.4, -0.2) is 68.6 Å². The van der Waals surface area contributed by atoms with E-state index in [0.717, 1.165) is 12.8 Å². The number of hydrogen-bond donors (Lipinski definition) is 0. The van der Waals surface area contributed by atoms with E-state index in [4.69, 9.17) is 9.47 Å². The number of carbonyl (C=O) groups excluding carboxylic acids is 2. The largest absolute Gasteiger partial charge is 0.385 e. The second-order valence-corrected chi connectivity index (χ2v) is 7.11. The summed E-state index contributed by atoms with van der Waals surface area (Å²) in [5, 5.41) is 0. The van der Waals surface area contributed by atoms with E-state index in [0.29, 0.717) is 39.3 Å². The minimum absolute atomic E-state index is 0.0271. The maximum atomic E-state index is 12.8. The first-order valence-corrected chi connectivity index (χ1v) is 9.31. The van der Waals surface area contributed by atoms with Crippen LogP contribution in [0.2, 0.25) is 0 Å². The van der Waals surface area contributed by atoms with Crippen LogP contribution < -0.4 is 0 Å². The SMILES string of the molecule is COCCCN1C[C@@H](C(=O)N(C)C[C@@H]2OCCc3ccccc32)CC1=O. The third-order valence-corrected chi connectivity index (χ3v) is 5.25. The number of nitrogens with zero attached hydrogens (tertiary/aromatic N) is 2. The topological polar surface area (TPSA) is 59.1 Å². The van der Waals surface area contributed by atoms with Crippen molar-refractivity contribution >= 4 is 11.8 Å². The van der Waals surface area contributed by atoms with Crippen molar-refractivity contribution in [2.45, 2.75) is 25.4 Å². The Morgan fingerprint density at radius 1 is 1.38 bits per heavy atom. The number of carbonyl (C=O) groups is 2. The third kappa shape index (κ3) is 4.24. The smallest absolute Gasteiger partial charge is 0.227 e. The minimum atomic E-state index is -0.256. The Kier molecular flexibility index (Phi) is 6.27. The number of benzene rings is 1. The van der Waals surface area contributed by atoms with Crippen molar-refractivity contribution in [3.63, 3.8) is 0 Å². The highest BCUT2D eigenvalue weighted by Gasteiger charge is 2.36. The number of methoxy groups -OCH3 is 1. The molecule has 0 aliphatic carbocycles. The second-order valence-electron chi connectivity index (χ2n) is 7.11. The van der Waals surface area contributed by atoms with Crippen molar-refractivity contribution in [1.29, 1.82) is 0 Å². The number of hydrogen-bond acceptors (Lipinski definition) is 4. The number of amides is 2. The Bertz CT molecular complexity index is 648. The Hall–Kier alpha value is -1.92. The second kappa shape index (κ2) is 8.64. The highest BCUT2D eigenvalue weighted by molar-refractivity contribution is 5.89. The van der Waals surface area contributed by atoms with Gasteiger partial charge in [-0.05, 0) is 24.0 Å². The fourth-order valence-corrected chi connectivity index (χ4v) is 3.83. The summed E-state index contributed by atoms with van der Waals surface area (Å²) in [7, 11) is 3.46. The highest BCUT2D eigenvalue weighted by Crippen LogP contribution is 2.28. The van der Waals surface area contributed by atoms with Gasteiger partial charge < -0.3 is 19.3 Å². The fourth-order valence-electron chi connectivity index (χ4n) is 3.83. The molecule has 6 nitrogen and oxygen atoms in total. The molecule has 1 saturated heterocycles. The molecule has 6 heteroatoms. The third-order valence-electron chi connectivity index (χ3n) is 5.25. The lowest BCUT2D eigenvalue weighted by Crippen LogP contribution is -2.38. The molecule has 2 heterocycles. The number of fused-ring (bicyclic) bond motifs is 1. The van der Waals surface area contributed by atoms with Crippen LogP contribution in [0.5, 0.6) is 0 Å². The normalized spacial score (nSPS) is 22.4. The van der Waals surface area contributed by atoms with E-state index in [2.05, 4.69) is 12.1 Å². The van der Waals surface area contributed by atoms with Gasteiger partial charge in [-0.1, -0.05) is 24.3 Å². The van der Waals surface area contributed by atoms with Crippen molar-refractivity contribution in [2.75, 3.05) is 47.0 Å². The molecule has 3 rings (SSSR count). The van der Waals surface area contributed by atoms with Gasteiger partial charge in [0.05, 0.1) is 19.1 Å². The summed E-state index contributed by atoms with van der Waals surface area (Å²) < 4.78 is 10.9. The number of ether oxygens (including phenoxy) is 2. The summed E-state index contributed by atoms with van der Waals surface area (Å²) in [5.74, 6) is -0.166. The van der Waals surface area contributed by atoms with E-state index in [-0.39, 0.29) is 23.8 Å². The average Bonchev–Trinajstić information content (AvgIpc) is 3.02. The van der Waals surface area contributed by atoms with E-state index in [1.165, 1.54) is 11.1 Å². The lowest BCUT2D eigenvalue weighted by Gasteiger charge is -2.30. The molecule has 1 aromatic carbocycles. The zero-order valence-electron chi connectivity index (χ0n) is 15.6. The van der Waals surface area contributed by atoms with Gasteiger partial charge in [0, 0.05) is 40.3 Å². The molecule has 2 atom stereocenters. The predicted octanol–water partition coefficient (Wildman–Crippen LogP) is 1.64. The molecule has 2 aliphatic heterocycles. The molecule has 0 saturated carbocycles. The Labute approximate surface area is 155 Å². The Morgan fingerprint density at radius 3 is 3.00 bits per heavy atom. The van der Waals surface area contributed by atoms with E-state index >= 15 is 0 Å². The van der Waals surface area contributed by atoms with Crippen LogP contribution in [-0.2, 0) is 25.5 Å². The molecular weight excluding hydrogens is 332 g/mol. The zero-order chi connectivity index (χ0) is 18.5. The van der Waals surface area contributed by atoms with Gasteiger partial charge in [-0.25, -0.2) is 0 Å². The molecule has 0 spiro atoms. The Morgan fingerprint density at radius 2 is 2.19 bits per heavy atom. The van der Waals surface area contributed by atoms with Crippen molar-refractivity contribution in [2.24, 2.45) is 5.92 Å². The molecule has 0 unspecified atom stereocenters. The quantitative estimate of drug-likeness (QED) is 0.694. The van der Waals surface area contributed by atoms with Crippen LogP contribution in [0, 0.1) is 5.92 Å². The summed E-state index contributed by atoms with van der Waals surface area (Å²) >= 11 is 0. The molecule has 2 aliphatic rings. The first-order chi connectivity index (χ1) is 12.6. The molecule has 142 valence electrons. The number of likely N-dealkylation sites (N-methyl/N-ethyl adjacent to an activating group) is 1. The van der Waals surface area contributed by atoms with Crippen molar-refractivity contribution in [1.82, 2.24) is 9.80 Å². The fraction of sp³-hybridized carbons (Fsp3) is 0.600. The first kappa shape index (κ1) is 18.9. The van der Waals surface area contributed by atoms with Gasteiger partial charge in [-0.3, -0.25) is 9.59 Å². The maximum Gasteiger partial charge on any atom is 0.227 e. The van der Waals surface area contributed by atoms with Gasteiger partial charge >= 0.3 is 0 Å². The predicted molar refractivity (Wildman–Crippen MR) is 97.7 cm³/mol.